The van der Waals surface area contributed by atoms with Gasteiger partial charge in [0.25, 0.3) is 5.95 Å². The minimum Gasteiger partial charge on any atom is -0.538 e. The van der Waals surface area contributed by atoms with Gasteiger partial charge in [0.05, 0.1) is 0 Å². The zero-order chi connectivity index (χ0) is 18.5. The summed E-state index contributed by atoms with van der Waals surface area (Å²) in [4.78, 5) is 12.8. The van der Waals surface area contributed by atoms with Crippen LogP contribution in [0.3, 0.4) is 0 Å². The molecule has 23 heavy (non-hydrogen) atoms. The van der Waals surface area contributed by atoms with Crippen molar-refractivity contribution in [3.8, 4) is 0 Å². The Morgan fingerprint density at radius 2 is 1.17 bits per heavy atom. The predicted octanol–water partition coefficient (Wildman–Crippen LogP) is 4.23. The molecule has 0 saturated heterocycles. The summed E-state index contributed by atoms with van der Waals surface area (Å²) in [5, 5.41) is 0.140. The molecular weight excluding hydrogens is 357 g/mol. The summed E-state index contributed by atoms with van der Waals surface area (Å²) in [6.45, 7) is 21.0. The Balaban J connectivity index is 5.84. The largest absolute Gasteiger partial charge is 0.538 e. The molecule has 4 nitrogen and oxygen atoms in total. The average Bonchev–Trinajstić information content (AvgIpc) is 2.27. The van der Waals surface area contributed by atoms with Gasteiger partial charge in [-0.15, -0.1) is 0 Å². The lowest BCUT2D eigenvalue weighted by molar-refractivity contribution is -0.111. The topological polar surface area (TPSA) is 44.8 Å². The van der Waals surface area contributed by atoms with E-state index in [0.29, 0.717) is 11.7 Å². The minimum absolute atomic E-state index is 0.140. The van der Waals surface area contributed by atoms with Crippen molar-refractivity contribution in [2.24, 2.45) is 0 Å². The maximum absolute atomic E-state index is 12.8. The van der Waals surface area contributed by atoms with Crippen LogP contribution in [0.25, 0.3) is 0 Å². The zero-order valence-corrected chi connectivity index (χ0v) is 21.2. The van der Waals surface area contributed by atoms with Gasteiger partial charge in [-0.2, -0.15) is 0 Å². The second-order valence-electron chi connectivity index (χ2n) is 8.79. The van der Waals surface area contributed by atoms with Gasteiger partial charge >= 0.3 is 0 Å². The molecule has 0 amide bonds. The first kappa shape index (κ1) is 22.7. The summed E-state index contributed by atoms with van der Waals surface area (Å²) in [6, 6.07) is 0.991. The van der Waals surface area contributed by atoms with Crippen LogP contribution in [0.1, 0.15) is 13.3 Å². The van der Waals surface area contributed by atoms with Crippen molar-refractivity contribution < 1.29 is 18.1 Å². The van der Waals surface area contributed by atoms with Crippen LogP contribution in [-0.2, 0) is 18.1 Å². The Hall–Kier alpha value is -0.322. The highest BCUT2D eigenvalue weighted by Crippen LogP contribution is 2.24. The fourth-order valence-electron chi connectivity index (χ4n) is 1.64. The van der Waals surface area contributed by atoms with E-state index in [1.54, 1.807) is 0 Å². The molecule has 0 saturated carbocycles. The maximum Gasteiger partial charge on any atom is 0.297 e. The van der Waals surface area contributed by atoms with Crippen LogP contribution in [0.4, 0.5) is 0 Å². The normalized spacial score (nSPS) is 13.1. The maximum atomic E-state index is 12.8. The molecule has 0 spiro atoms. The Labute approximate surface area is 148 Å². The highest BCUT2D eigenvalue weighted by molar-refractivity contribution is 6.78. The average molecular weight is 393 g/mol. The molecule has 0 atom stereocenters. The number of rotatable bonds is 10. The molecule has 0 aliphatic heterocycles. The van der Waals surface area contributed by atoms with Gasteiger partial charge in [0.2, 0.25) is 30.7 Å². The second-order valence-corrected chi connectivity index (χ2v) is 23.9. The van der Waals surface area contributed by atoms with E-state index in [-0.39, 0.29) is 5.41 Å². The molecule has 136 valence electrons. The van der Waals surface area contributed by atoms with Crippen LogP contribution < -0.4 is 0 Å². The summed E-state index contributed by atoms with van der Waals surface area (Å²) >= 11 is 0. The molecule has 0 aromatic heterocycles. The molecule has 8 heteroatoms. The Morgan fingerprint density at radius 3 is 1.48 bits per heavy atom. The highest BCUT2D eigenvalue weighted by atomic mass is 28.4. The van der Waals surface area contributed by atoms with E-state index >= 15 is 0 Å². The van der Waals surface area contributed by atoms with Gasteiger partial charge in [0.15, 0.2) is 5.41 Å². The summed E-state index contributed by atoms with van der Waals surface area (Å²) in [5.74, 6) is 0.758. The van der Waals surface area contributed by atoms with Gasteiger partial charge in [0.1, 0.15) is 9.52 Å². The molecule has 0 aliphatic rings. The standard InChI is InChI=1S/C15H36O4Si4/c1-11-12-20-14(16)13(17-21(2,3)4)15(18-22(5,6)7)19-23(8,9)10/h11-12,20H2,1-10H3. The van der Waals surface area contributed by atoms with Crippen LogP contribution in [-0.4, -0.2) is 39.9 Å². The lowest BCUT2D eigenvalue weighted by Crippen LogP contribution is -2.36. The Kier molecular flexibility index (Phi) is 8.56. The van der Waals surface area contributed by atoms with E-state index in [9.17, 15) is 4.79 Å². The van der Waals surface area contributed by atoms with Crippen LogP contribution in [0.15, 0.2) is 11.7 Å². The van der Waals surface area contributed by atoms with Crippen LogP contribution in [0.2, 0.25) is 65.0 Å². The lowest BCUT2D eigenvalue weighted by atomic mass is 10.6. The van der Waals surface area contributed by atoms with E-state index in [2.05, 4.69) is 65.8 Å². The first-order valence-electron chi connectivity index (χ1n) is 8.49. The van der Waals surface area contributed by atoms with Gasteiger partial charge in [0, 0.05) is 0 Å². The monoisotopic (exact) mass is 392 g/mol. The molecule has 0 aliphatic carbocycles. The molecule has 0 N–H and O–H groups in total. The third-order valence-corrected chi connectivity index (χ3v) is 6.65. The van der Waals surface area contributed by atoms with Gasteiger partial charge in [-0.25, -0.2) is 0 Å². The van der Waals surface area contributed by atoms with Gasteiger partial charge in [-0.1, -0.05) is 19.4 Å². The highest BCUT2D eigenvalue weighted by Gasteiger charge is 2.32. The second kappa shape index (κ2) is 8.68. The quantitative estimate of drug-likeness (QED) is 0.317. The van der Waals surface area contributed by atoms with Crippen molar-refractivity contribution >= 4 is 39.9 Å². The first-order chi connectivity index (χ1) is 10.1. The van der Waals surface area contributed by atoms with E-state index in [4.69, 9.17) is 13.3 Å². The number of hydrogen-bond acceptors (Lipinski definition) is 4. The molecule has 0 unspecified atom stereocenters. The van der Waals surface area contributed by atoms with Crippen molar-refractivity contribution in [1.82, 2.24) is 0 Å². The van der Waals surface area contributed by atoms with E-state index < -0.39 is 34.5 Å². The van der Waals surface area contributed by atoms with Gasteiger partial charge in [-0.3, -0.25) is 4.79 Å². The Morgan fingerprint density at radius 1 is 0.783 bits per heavy atom. The van der Waals surface area contributed by atoms with E-state index in [1.807, 2.05) is 0 Å². The van der Waals surface area contributed by atoms with Crippen molar-refractivity contribution in [1.29, 1.82) is 0 Å². The van der Waals surface area contributed by atoms with Crippen molar-refractivity contribution in [2.75, 3.05) is 0 Å². The molecule has 0 heterocycles. The van der Waals surface area contributed by atoms with E-state index in [0.717, 1.165) is 12.5 Å². The Bertz CT molecular complexity index is 410. The van der Waals surface area contributed by atoms with Crippen molar-refractivity contribution in [2.45, 2.75) is 78.3 Å². The van der Waals surface area contributed by atoms with Crippen LogP contribution in [0, 0.1) is 0 Å². The number of allylic oxidation sites excluding steroid dienone is 1. The molecule has 0 aromatic carbocycles. The smallest absolute Gasteiger partial charge is 0.297 e. The summed E-state index contributed by atoms with van der Waals surface area (Å²) in [5.41, 5.74) is 0. The lowest BCUT2D eigenvalue weighted by Gasteiger charge is -2.31. The molecule has 0 radical (unpaired) electrons. The molecule has 0 fully saturated rings. The summed E-state index contributed by atoms with van der Waals surface area (Å²) in [7, 11) is -6.57. The third kappa shape index (κ3) is 11.8. The first-order valence-corrected chi connectivity index (χ1v) is 20.4. The van der Waals surface area contributed by atoms with Gasteiger partial charge in [-0.05, 0) is 58.9 Å². The zero-order valence-electron chi connectivity index (χ0n) is 16.8. The molecule has 0 bridgehead atoms. The fraction of sp³-hybridized carbons (Fsp3) is 0.800. The van der Waals surface area contributed by atoms with Gasteiger partial charge < -0.3 is 13.3 Å². The SMILES string of the molecule is CCC[SiH2]C(=O)C(O[Si](C)(C)C)=C(O[Si](C)(C)C)O[Si](C)(C)C. The van der Waals surface area contributed by atoms with Crippen LogP contribution >= 0.6 is 0 Å². The van der Waals surface area contributed by atoms with Crippen molar-refractivity contribution in [3.05, 3.63) is 11.7 Å². The number of hydrogen-bond donors (Lipinski definition) is 0. The molecular formula is C15H36O4Si4. The molecule has 0 aromatic rings. The summed E-state index contributed by atoms with van der Waals surface area (Å²) < 4.78 is 18.5. The number of carbonyl (C=O) groups is 1. The minimum atomic E-state index is -1.92. The predicted molar refractivity (Wildman–Crippen MR) is 109 cm³/mol. The third-order valence-electron chi connectivity index (χ3n) is 2.40. The summed E-state index contributed by atoms with van der Waals surface area (Å²) in [6.07, 6.45) is 1.04. The fourth-order valence-corrected chi connectivity index (χ4v) is 5.18. The van der Waals surface area contributed by atoms with Crippen LogP contribution in [0.5, 0.6) is 0 Å². The van der Waals surface area contributed by atoms with Crippen molar-refractivity contribution in [3.63, 3.8) is 0 Å². The van der Waals surface area contributed by atoms with E-state index in [1.165, 1.54) is 0 Å². The molecule has 0 rings (SSSR count). The number of carbonyl (C=O) groups excluding carboxylic acids is 1.